The molecule has 2 aromatic rings. The zero-order valence-corrected chi connectivity index (χ0v) is 14.3. The number of benzene rings is 2. The second kappa shape index (κ2) is 7.83. The van der Waals surface area contributed by atoms with Crippen LogP contribution in [0.2, 0.25) is 0 Å². The predicted octanol–water partition coefficient (Wildman–Crippen LogP) is 2.72. The number of nitrogens with one attached hydrogen (secondary N) is 1. The van der Waals surface area contributed by atoms with Crippen molar-refractivity contribution in [3.63, 3.8) is 0 Å². The van der Waals surface area contributed by atoms with E-state index in [0.29, 0.717) is 18.8 Å². The highest BCUT2D eigenvalue weighted by Crippen LogP contribution is 2.37. The molecule has 1 unspecified atom stereocenters. The van der Waals surface area contributed by atoms with Crippen LogP contribution in [0.5, 0.6) is 5.75 Å². The van der Waals surface area contributed by atoms with Gasteiger partial charge in [0, 0.05) is 31.6 Å². The maximum Gasteiger partial charge on any atom is 0.257 e. The van der Waals surface area contributed by atoms with Crippen molar-refractivity contribution < 1.29 is 14.3 Å². The molecule has 130 valence electrons. The molecule has 0 saturated carbocycles. The molecule has 2 amide bonds. The maximum atomic E-state index is 11.9. The average Bonchev–Trinajstić information content (AvgIpc) is 3.00. The van der Waals surface area contributed by atoms with Crippen molar-refractivity contribution in [3.05, 3.63) is 60.2 Å². The second-order valence-corrected chi connectivity index (χ2v) is 6.13. The number of carbonyl (C=O) groups excluding carboxylic acids is 2. The number of anilines is 1. The Morgan fingerprint density at radius 2 is 1.84 bits per heavy atom. The van der Waals surface area contributed by atoms with Gasteiger partial charge in [-0.1, -0.05) is 36.4 Å². The monoisotopic (exact) mass is 338 g/mol. The summed E-state index contributed by atoms with van der Waals surface area (Å²) in [6.45, 7) is 2.82. The summed E-state index contributed by atoms with van der Waals surface area (Å²) < 4.78 is 5.43. The Labute approximate surface area is 147 Å². The molecular weight excluding hydrogens is 316 g/mol. The molecular formula is C20H22N2O3. The van der Waals surface area contributed by atoms with Crippen LogP contribution < -0.4 is 15.0 Å². The van der Waals surface area contributed by atoms with E-state index in [1.807, 2.05) is 48.5 Å². The van der Waals surface area contributed by atoms with Crippen LogP contribution in [0.4, 0.5) is 5.69 Å². The molecule has 3 rings (SSSR count). The Bertz CT molecular complexity index is 746. The van der Waals surface area contributed by atoms with Crippen molar-refractivity contribution in [2.75, 3.05) is 24.6 Å². The van der Waals surface area contributed by atoms with Gasteiger partial charge in [-0.05, 0) is 30.2 Å². The van der Waals surface area contributed by atoms with Crippen LogP contribution in [0.25, 0.3) is 0 Å². The third-order valence-corrected chi connectivity index (χ3v) is 4.38. The number of hydrogen-bond donors (Lipinski definition) is 1. The van der Waals surface area contributed by atoms with Gasteiger partial charge in [-0.3, -0.25) is 9.59 Å². The Morgan fingerprint density at radius 3 is 2.60 bits per heavy atom. The van der Waals surface area contributed by atoms with Gasteiger partial charge in [0.25, 0.3) is 5.91 Å². The molecule has 0 fully saturated rings. The Kier molecular flexibility index (Phi) is 5.33. The Morgan fingerprint density at radius 1 is 1.12 bits per heavy atom. The summed E-state index contributed by atoms with van der Waals surface area (Å²) in [5, 5.41) is 2.89. The van der Waals surface area contributed by atoms with E-state index in [4.69, 9.17) is 4.74 Å². The van der Waals surface area contributed by atoms with Crippen LogP contribution in [0.15, 0.2) is 54.6 Å². The molecule has 1 heterocycles. The summed E-state index contributed by atoms with van der Waals surface area (Å²) in [5.74, 6) is 0.837. The second-order valence-electron chi connectivity index (χ2n) is 6.13. The predicted molar refractivity (Wildman–Crippen MR) is 96.8 cm³/mol. The molecule has 1 aliphatic rings. The van der Waals surface area contributed by atoms with Gasteiger partial charge in [0.1, 0.15) is 5.75 Å². The number of carbonyl (C=O) groups is 2. The summed E-state index contributed by atoms with van der Waals surface area (Å²) in [4.78, 5) is 25.5. The molecule has 0 aromatic heterocycles. The van der Waals surface area contributed by atoms with Crippen molar-refractivity contribution in [2.24, 2.45) is 0 Å². The van der Waals surface area contributed by atoms with Gasteiger partial charge in [0.15, 0.2) is 6.61 Å². The quantitative estimate of drug-likeness (QED) is 0.881. The van der Waals surface area contributed by atoms with Gasteiger partial charge in [0.05, 0.1) is 0 Å². The minimum absolute atomic E-state index is 0.00480. The normalized spacial score (nSPS) is 15.6. The SMILES string of the molecule is CC(=O)N1CC(CCNC(=O)COc2ccccc2)c2ccccc21. The third kappa shape index (κ3) is 4.18. The molecule has 5 heteroatoms. The lowest BCUT2D eigenvalue weighted by atomic mass is 9.98. The van der Waals surface area contributed by atoms with Gasteiger partial charge in [-0.25, -0.2) is 0 Å². The summed E-state index contributed by atoms with van der Waals surface area (Å²) >= 11 is 0. The highest BCUT2D eigenvalue weighted by Gasteiger charge is 2.29. The van der Waals surface area contributed by atoms with Crippen LogP contribution in [0.3, 0.4) is 0 Å². The van der Waals surface area contributed by atoms with Crippen molar-refractivity contribution >= 4 is 17.5 Å². The van der Waals surface area contributed by atoms with E-state index in [2.05, 4.69) is 11.4 Å². The molecule has 0 bridgehead atoms. The van der Waals surface area contributed by atoms with E-state index in [1.165, 1.54) is 5.56 Å². The number of fused-ring (bicyclic) bond motifs is 1. The average molecular weight is 338 g/mol. The first-order valence-corrected chi connectivity index (χ1v) is 8.46. The molecule has 0 saturated heterocycles. The molecule has 0 spiro atoms. The zero-order valence-electron chi connectivity index (χ0n) is 14.3. The van der Waals surface area contributed by atoms with Crippen molar-refractivity contribution in [1.82, 2.24) is 5.32 Å². The molecule has 2 aromatic carbocycles. The van der Waals surface area contributed by atoms with Gasteiger partial charge in [-0.15, -0.1) is 0 Å². The molecule has 0 aliphatic carbocycles. The first-order chi connectivity index (χ1) is 12.1. The summed E-state index contributed by atoms with van der Waals surface area (Å²) in [6, 6.07) is 17.2. The van der Waals surface area contributed by atoms with E-state index in [1.54, 1.807) is 11.8 Å². The highest BCUT2D eigenvalue weighted by molar-refractivity contribution is 5.94. The largest absolute Gasteiger partial charge is 0.484 e. The minimum Gasteiger partial charge on any atom is -0.484 e. The number of nitrogens with zero attached hydrogens (tertiary/aromatic N) is 1. The first kappa shape index (κ1) is 17.0. The number of ether oxygens (including phenoxy) is 1. The Balaban J connectivity index is 1.48. The van der Waals surface area contributed by atoms with Crippen molar-refractivity contribution in [1.29, 1.82) is 0 Å². The lowest BCUT2D eigenvalue weighted by Gasteiger charge is -2.15. The maximum absolute atomic E-state index is 11.9. The standard InChI is InChI=1S/C20H22N2O3/c1-15(23)22-13-16(18-9-5-6-10-19(18)22)11-12-21-20(24)14-25-17-7-3-2-4-8-17/h2-10,16H,11-14H2,1H3,(H,21,24). The molecule has 25 heavy (non-hydrogen) atoms. The zero-order chi connectivity index (χ0) is 17.6. The van der Waals surface area contributed by atoms with Crippen LogP contribution in [-0.4, -0.2) is 31.5 Å². The third-order valence-electron chi connectivity index (χ3n) is 4.38. The first-order valence-electron chi connectivity index (χ1n) is 8.46. The van der Waals surface area contributed by atoms with E-state index in [-0.39, 0.29) is 24.3 Å². The van der Waals surface area contributed by atoms with Crippen LogP contribution in [0, 0.1) is 0 Å². The number of hydrogen-bond acceptors (Lipinski definition) is 3. The minimum atomic E-state index is -0.140. The fourth-order valence-corrected chi connectivity index (χ4v) is 3.14. The molecule has 5 nitrogen and oxygen atoms in total. The number of amides is 2. The van der Waals surface area contributed by atoms with Gasteiger partial charge < -0.3 is 15.0 Å². The number of rotatable bonds is 6. The fraction of sp³-hybridized carbons (Fsp3) is 0.300. The van der Waals surface area contributed by atoms with Crippen molar-refractivity contribution in [3.8, 4) is 5.75 Å². The van der Waals surface area contributed by atoms with E-state index in [0.717, 1.165) is 12.1 Å². The number of para-hydroxylation sites is 2. The van der Waals surface area contributed by atoms with Gasteiger partial charge >= 0.3 is 0 Å². The fourth-order valence-electron chi connectivity index (χ4n) is 3.14. The van der Waals surface area contributed by atoms with Gasteiger partial charge in [-0.2, -0.15) is 0 Å². The van der Waals surface area contributed by atoms with Crippen molar-refractivity contribution in [2.45, 2.75) is 19.3 Å². The lowest BCUT2D eigenvalue weighted by Crippen LogP contribution is -2.31. The summed E-state index contributed by atoms with van der Waals surface area (Å²) in [6.07, 6.45) is 0.790. The highest BCUT2D eigenvalue weighted by atomic mass is 16.5. The van der Waals surface area contributed by atoms with E-state index < -0.39 is 0 Å². The smallest absolute Gasteiger partial charge is 0.257 e. The van der Waals surface area contributed by atoms with E-state index >= 15 is 0 Å². The van der Waals surface area contributed by atoms with Crippen LogP contribution >= 0.6 is 0 Å². The lowest BCUT2D eigenvalue weighted by molar-refractivity contribution is -0.123. The van der Waals surface area contributed by atoms with E-state index in [9.17, 15) is 9.59 Å². The van der Waals surface area contributed by atoms with Crippen LogP contribution in [0.1, 0.15) is 24.8 Å². The summed E-state index contributed by atoms with van der Waals surface area (Å²) in [5.41, 5.74) is 2.16. The molecule has 0 radical (unpaired) electrons. The summed E-state index contributed by atoms with van der Waals surface area (Å²) in [7, 11) is 0. The van der Waals surface area contributed by atoms with Crippen LogP contribution in [-0.2, 0) is 9.59 Å². The topological polar surface area (TPSA) is 58.6 Å². The molecule has 1 aliphatic heterocycles. The molecule has 1 N–H and O–H groups in total. The molecule has 1 atom stereocenters. The van der Waals surface area contributed by atoms with Gasteiger partial charge in [0.2, 0.25) is 5.91 Å². The Hall–Kier alpha value is -2.82.